The van der Waals surface area contributed by atoms with Crippen LogP contribution >= 0.6 is 0 Å². The number of carbonyl (C=O) groups excluding carboxylic acids is 1. The molecule has 108 valence electrons. The summed E-state index contributed by atoms with van der Waals surface area (Å²) >= 11 is 0. The molecule has 0 aliphatic carbocycles. The second-order valence-electron chi connectivity index (χ2n) is 5.30. The molecule has 0 unspecified atom stereocenters. The standard InChI is InChI=1S/C14H20N4O2/c1-16-6-8-17(9-7-16)13-5-3-4-12-15-11(10-18(12)13)14(19)20-2/h5,10H,3-4,6-9H2,1-2H3. The molecule has 0 radical (unpaired) electrons. The Bertz CT molecular complexity index is 541. The number of hydrogen-bond acceptors (Lipinski definition) is 5. The summed E-state index contributed by atoms with van der Waals surface area (Å²) in [5, 5.41) is 0. The first kappa shape index (κ1) is 13.2. The number of carbonyl (C=O) groups is 1. The van der Waals surface area contributed by atoms with Crippen LogP contribution in [0.4, 0.5) is 0 Å². The highest BCUT2D eigenvalue weighted by Gasteiger charge is 2.24. The van der Waals surface area contributed by atoms with Crippen molar-refractivity contribution in [2.45, 2.75) is 12.8 Å². The summed E-state index contributed by atoms with van der Waals surface area (Å²) in [6.07, 6.45) is 5.87. The molecule has 3 heterocycles. The molecule has 0 bridgehead atoms. The molecule has 0 spiro atoms. The fraction of sp³-hybridized carbons (Fsp3) is 0.571. The molecule has 0 atom stereocenters. The van der Waals surface area contributed by atoms with Crippen molar-refractivity contribution < 1.29 is 9.53 Å². The summed E-state index contributed by atoms with van der Waals surface area (Å²) in [5.41, 5.74) is 0.393. The first-order valence-corrected chi connectivity index (χ1v) is 6.99. The number of esters is 1. The summed E-state index contributed by atoms with van der Waals surface area (Å²) in [5.74, 6) is 1.73. The van der Waals surface area contributed by atoms with E-state index >= 15 is 0 Å². The molecule has 0 saturated carbocycles. The van der Waals surface area contributed by atoms with Crippen LogP contribution in [0.1, 0.15) is 22.7 Å². The lowest BCUT2D eigenvalue weighted by Crippen LogP contribution is -2.44. The molecule has 0 amide bonds. The van der Waals surface area contributed by atoms with Gasteiger partial charge in [0, 0.05) is 38.8 Å². The first-order chi connectivity index (χ1) is 9.69. The van der Waals surface area contributed by atoms with Crippen LogP contribution in [0, 0.1) is 0 Å². The Morgan fingerprint density at radius 3 is 2.75 bits per heavy atom. The van der Waals surface area contributed by atoms with Gasteiger partial charge in [0.2, 0.25) is 0 Å². The molecule has 6 heteroatoms. The van der Waals surface area contributed by atoms with Gasteiger partial charge in [-0.1, -0.05) is 0 Å². The fourth-order valence-corrected chi connectivity index (χ4v) is 2.74. The van der Waals surface area contributed by atoms with Gasteiger partial charge in [-0.05, 0) is 19.5 Å². The van der Waals surface area contributed by atoms with Crippen LogP contribution in [0.25, 0.3) is 5.82 Å². The van der Waals surface area contributed by atoms with Gasteiger partial charge >= 0.3 is 5.97 Å². The maximum Gasteiger partial charge on any atom is 0.358 e. The van der Waals surface area contributed by atoms with E-state index in [0.29, 0.717) is 5.69 Å². The van der Waals surface area contributed by atoms with Crippen LogP contribution in [0.15, 0.2) is 12.3 Å². The van der Waals surface area contributed by atoms with Crippen LogP contribution in [0.5, 0.6) is 0 Å². The monoisotopic (exact) mass is 276 g/mol. The Labute approximate surface area is 118 Å². The number of imidazole rings is 1. The lowest BCUT2D eigenvalue weighted by molar-refractivity contribution is 0.0594. The largest absolute Gasteiger partial charge is 0.464 e. The number of aryl methyl sites for hydroxylation is 1. The molecule has 1 saturated heterocycles. The summed E-state index contributed by atoms with van der Waals surface area (Å²) in [6, 6.07) is 0. The van der Waals surface area contributed by atoms with E-state index in [1.165, 1.54) is 7.11 Å². The molecule has 20 heavy (non-hydrogen) atoms. The van der Waals surface area contributed by atoms with Crippen molar-refractivity contribution in [2.24, 2.45) is 0 Å². The van der Waals surface area contributed by atoms with Gasteiger partial charge in [-0.15, -0.1) is 0 Å². The number of likely N-dealkylation sites (N-methyl/N-ethyl adjacent to an activating group) is 1. The molecular formula is C14H20N4O2. The van der Waals surface area contributed by atoms with Crippen molar-refractivity contribution in [3.63, 3.8) is 0 Å². The highest BCUT2D eigenvalue weighted by molar-refractivity contribution is 5.87. The van der Waals surface area contributed by atoms with E-state index in [0.717, 1.165) is 50.7 Å². The highest BCUT2D eigenvalue weighted by atomic mass is 16.5. The van der Waals surface area contributed by atoms with Crippen molar-refractivity contribution in [1.82, 2.24) is 19.4 Å². The minimum Gasteiger partial charge on any atom is -0.464 e. The summed E-state index contributed by atoms with van der Waals surface area (Å²) in [4.78, 5) is 20.7. The third-order valence-electron chi connectivity index (χ3n) is 3.94. The maximum atomic E-state index is 11.6. The lowest BCUT2D eigenvalue weighted by Gasteiger charge is -2.37. The Morgan fingerprint density at radius 1 is 1.30 bits per heavy atom. The van der Waals surface area contributed by atoms with Crippen LogP contribution in [-0.4, -0.2) is 65.7 Å². The van der Waals surface area contributed by atoms with Crippen LogP contribution in [-0.2, 0) is 11.2 Å². The highest BCUT2D eigenvalue weighted by Crippen LogP contribution is 2.23. The van der Waals surface area contributed by atoms with Gasteiger partial charge in [0.25, 0.3) is 0 Å². The normalized spacial score (nSPS) is 19.5. The number of fused-ring (bicyclic) bond motifs is 1. The number of allylic oxidation sites excluding steroid dienone is 1. The average molecular weight is 276 g/mol. The van der Waals surface area contributed by atoms with E-state index < -0.39 is 0 Å². The zero-order chi connectivity index (χ0) is 14.1. The van der Waals surface area contributed by atoms with E-state index in [9.17, 15) is 4.79 Å². The summed E-state index contributed by atoms with van der Waals surface area (Å²) in [7, 11) is 3.53. The Balaban J connectivity index is 1.86. The zero-order valence-electron chi connectivity index (χ0n) is 12.0. The van der Waals surface area contributed by atoms with Gasteiger partial charge in [-0.2, -0.15) is 0 Å². The molecule has 0 aromatic carbocycles. The van der Waals surface area contributed by atoms with E-state index in [1.54, 1.807) is 6.20 Å². The molecule has 2 aliphatic heterocycles. The molecule has 1 aromatic rings. The first-order valence-electron chi connectivity index (χ1n) is 6.99. The third kappa shape index (κ3) is 2.31. The molecule has 0 N–H and O–H groups in total. The number of ether oxygens (including phenoxy) is 1. The number of piperazine rings is 1. The number of rotatable bonds is 2. The van der Waals surface area contributed by atoms with Crippen molar-refractivity contribution in [1.29, 1.82) is 0 Å². The van der Waals surface area contributed by atoms with Gasteiger partial charge in [0.05, 0.1) is 7.11 Å². The smallest absolute Gasteiger partial charge is 0.358 e. The second kappa shape index (κ2) is 5.28. The van der Waals surface area contributed by atoms with Gasteiger partial charge < -0.3 is 14.5 Å². The molecule has 2 aliphatic rings. The van der Waals surface area contributed by atoms with Gasteiger partial charge in [-0.3, -0.25) is 4.57 Å². The van der Waals surface area contributed by atoms with Crippen molar-refractivity contribution >= 4 is 11.8 Å². The quantitative estimate of drug-likeness (QED) is 0.743. The van der Waals surface area contributed by atoms with Gasteiger partial charge in [0.1, 0.15) is 11.6 Å². The Hall–Kier alpha value is -1.82. The van der Waals surface area contributed by atoms with Crippen molar-refractivity contribution in [2.75, 3.05) is 40.3 Å². The van der Waals surface area contributed by atoms with Gasteiger partial charge in [0.15, 0.2) is 5.69 Å². The second-order valence-corrected chi connectivity index (χ2v) is 5.30. The minimum atomic E-state index is -0.371. The summed E-state index contributed by atoms with van der Waals surface area (Å²) < 4.78 is 6.80. The zero-order valence-corrected chi connectivity index (χ0v) is 12.0. The van der Waals surface area contributed by atoms with E-state index in [-0.39, 0.29) is 5.97 Å². The maximum absolute atomic E-state index is 11.6. The van der Waals surface area contributed by atoms with Crippen molar-refractivity contribution in [3.05, 3.63) is 23.8 Å². The SMILES string of the molecule is COC(=O)c1cn2c(n1)CCC=C2N1CCN(C)CC1. The number of aromatic nitrogens is 2. The van der Waals surface area contributed by atoms with E-state index in [1.807, 2.05) is 4.57 Å². The van der Waals surface area contributed by atoms with Crippen LogP contribution < -0.4 is 0 Å². The minimum absolute atomic E-state index is 0.371. The Morgan fingerprint density at radius 2 is 2.05 bits per heavy atom. The topological polar surface area (TPSA) is 50.6 Å². The number of nitrogens with zero attached hydrogens (tertiary/aromatic N) is 4. The van der Waals surface area contributed by atoms with E-state index in [4.69, 9.17) is 4.74 Å². The van der Waals surface area contributed by atoms with Crippen LogP contribution in [0.2, 0.25) is 0 Å². The number of methoxy groups -OCH3 is 1. The Kier molecular flexibility index (Phi) is 3.48. The molecule has 1 fully saturated rings. The average Bonchev–Trinajstić information content (AvgIpc) is 2.91. The van der Waals surface area contributed by atoms with E-state index in [2.05, 4.69) is 27.9 Å². The number of hydrogen-bond donors (Lipinski definition) is 0. The molecular weight excluding hydrogens is 256 g/mol. The molecule has 1 aromatic heterocycles. The van der Waals surface area contributed by atoms with Crippen LogP contribution in [0.3, 0.4) is 0 Å². The van der Waals surface area contributed by atoms with Gasteiger partial charge in [-0.25, -0.2) is 9.78 Å². The predicted molar refractivity (Wildman–Crippen MR) is 75.2 cm³/mol. The molecule has 3 rings (SSSR count). The molecule has 6 nitrogen and oxygen atoms in total. The summed E-state index contributed by atoms with van der Waals surface area (Å²) in [6.45, 7) is 4.14. The van der Waals surface area contributed by atoms with Crippen molar-refractivity contribution in [3.8, 4) is 0 Å². The lowest BCUT2D eigenvalue weighted by atomic mass is 10.2. The third-order valence-corrected chi connectivity index (χ3v) is 3.94. The predicted octanol–water partition coefficient (Wildman–Crippen LogP) is 0.662. The fourth-order valence-electron chi connectivity index (χ4n) is 2.74.